The summed E-state index contributed by atoms with van der Waals surface area (Å²) in [5.74, 6) is 0.419. The standard InChI is InChI=1S/C14H12Cl2FNO2S/c1-20-14-3-2-11(17)4-9(14)7-21(19)8-13-12(16)5-10(15)6-18-13/h2-6H,7-8H2,1H3/t21-/m0/s1. The van der Waals surface area contributed by atoms with Crippen LogP contribution >= 0.6 is 23.2 Å². The van der Waals surface area contributed by atoms with Crippen LogP contribution in [0.3, 0.4) is 0 Å². The lowest BCUT2D eigenvalue weighted by molar-refractivity contribution is 0.410. The normalized spacial score (nSPS) is 12.2. The van der Waals surface area contributed by atoms with Gasteiger partial charge in [-0.15, -0.1) is 0 Å². The SMILES string of the molecule is COc1ccc(F)cc1C[S@](=O)Cc1ncc(Cl)cc1Cl. The molecule has 0 spiro atoms. The number of hydrogen-bond acceptors (Lipinski definition) is 3. The summed E-state index contributed by atoms with van der Waals surface area (Å²) >= 11 is 11.8. The van der Waals surface area contributed by atoms with E-state index >= 15 is 0 Å². The molecule has 0 aliphatic heterocycles. The molecule has 2 aromatic rings. The van der Waals surface area contributed by atoms with Crippen LogP contribution in [0, 0.1) is 5.82 Å². The topological polar surface area (TPSA) is 39.2 Å². The monoisotopic (exact) mass is 347 g/mol. The molecule has 0 bridgehead atoms. The summed E-state index contributed by atoms with van der Waals surface area (Å²) in [5, 5.41) is 0.781. The average Bonchev–Trinajstić information content (AvgIpc) is 2.42. The van der Waals surface area contributed by atoms with Crippen molar-refractivity contribution in [2.24, 2.45) is 0 Å². The Hall–Kier alpha value is -1.17. The lowest BCUT2D eigenvalue weighted by Crippen LogP contribution is -2.04. The second-order valence-corrected chi connectivity index (χ2v) is 6.57. The van der Waals surface area contributed by atoms with Gasteiger partial charge in [-0.25, -0.2) is 4.39 Å². The van der Waals surface area contributed by atoms with Crippen LogP contribution in [-0.2, 0) is 22.3 Å². The molecule has 0 saturated heterocycles. The van der Waals surface area contributed by atoms with Crippen molar-refractivity contribution in [2.45, 2.75) is 11.5 Å². The first-order chi connectivity index (χ1) is 9.99. The molecular formula is C14H12Cl2FNO2S. The first-order valence-corrected chi connectivity index (χ1v) is 8.21. The molecule has 0 unspecified atom stereocenters. The number of methoxy groups -OCH3 is 1. The molecule has 1 aromatic carbocycles. The van der Waals surface area contributed by atoms with Crippen molar-refractivity contribution in [3.63, 3.8) is 0 Å². The van der Waals surface area contributed by atoms with Gasteiger partial charge < -0.3 is 4.74 Å². The molecular weight excluding hydrogens is 336 g/mol. The van der Waals surface area contributed by atoms with E-state index in [0.717, 1.165) is 0 Å². The highest BCUT2D eigenvalue weighted by Gasteiger charge is 2.12. The zero-order valence-electron chi connectivity index (χ0n) is 11.1. The first kappa shape index (κ1) is 16.2. The van der Waals surface area contributed by atoms with Crippen molar-refractivity contribution in [1.82, 2.24) is 4.98 Å². The van der Waals surface area contributed by atoms with Gasteiger partial charge in [0.15, 0.2) is 0 Å². The average molecular weight is 348 g/mol. The van der Waals surface area contributed by atoms with Crippen LogP contribution in [0.15, 0.2) is 30.5 Å². The van der Waals surface area contributed by atoms with Gasteiger partial charge >= 0.3 is 0 Å². The predicted molar refractivity (Wildman–Crippen MR) is 82.8 cm³/mol. The van der Waals surface area contributed by atoms with E-state index in [-0.39, 0.29) is 11.5 Å². The maximum absolute atomic E-state index is 13.3. The molecule has 0 aliphatic rings. The highest BCUT2D eigenvalue weighted by molar-refractivity contribution is 7.83. The third-order valence-corrected chi connectivity index (χ3v) is 4.50. The van der Waals surface area contributed by atoms with Gasteiger partial charge in [0.2, 0.25) is 0 Å². The Balaban J connectivity index is 2.13. The van der Waals surface area contributed by atoms with Crippen molar-refractivity contribution in [2.75, 3.05) is 7.11 Å². The van der Waals surface area contributed by atoms with Crippen molar-refractivity contribution >= 4 is 34.0 Å². The Labute approximate surface area is 134 Å². The highest BCUT2D eigenvalue weighted by Crippen LogP contribution is 2.24. The van der Waals surface area contributed by atoms with Gasteiger partial charge in [0.05, 0.1) is 34.4 Å². The third-order valence-electron chi connectivity index (χ3n) is 2.74. The van der Waals surface area contributed by atoms with Gasteiger partial charge in [0, 0.05) is 22.6 Å². The number of rotatable bonds is 5. The molecule has 0 fully saturated rings. The largest absolute Gasteiger partial charge is 0.496 e. The van der Waals surface area contributed by atoms with E-state index in [0.29, 0.717) is 27.1 Å². The van der Waals surface area contributed by atoms with E-state index < -0.39 is 16.6 Å². The molecule has 7 heteroatoms. The quantitative estimate of drug-likeness (QED) is 0.820. The van der Waals surface area contributed by atoms with Crippen LogP contribution in [0.2, 0.25) is 10.0 Å². The van der Waals surface area contributed by atoms with E-state index in [2.05, 4.69) is 4.98 Å². The lowest BCUT2D eigenvalue weighted by atomic mass is 10.2. The molecule has 1 aromatic heterocycles. The maximum Gasteiger partial charge on any atom is 0.123 e. The second-order valence-electron chi connectivity index (χ2n) is 4.27. The van der Waals surface area contributed by atoms with Crippen LogP contribution in [0.1, 0.15) is 11.3 Å². The summed E-state index contributed by atoms with van der Waals surface area (Å²) in [7, 11) is 0.188. The zero-order valence-corrected chi connectivity index (χ0v) is 13.4. The Morgan fingerprint density at radius 3 is 2.71 bits per heavy atom. The Morgan fingerprint density at radius 2 is 2.05 bits per heavy atom. The number of aromatic nitrogens is 1. The van der Waals surface area contributed by atoms with Gasteiger partial charge in [-0.3, -0.25) is 9.19 Å². The predicted octanol–water partition coefficient (Wildman–Crippen LogP) is 3.99. The number of benzene rings is 1. The number of ether oxygens (including phenoxy) is 1. The number of pyridine rings is 1. The van der Waals surface area contributed by atoms with Gasteiger partial charge in [-0.05, 0) is 24.3 Å². The fourth-order valence-electron chi connectivity index (χ4n) is 1.79. The Kier molecular flexibility index (Phi) is 5.56. The molecule has 0 aliphatic carbocycles. The minimum atomic E-state index is -1.30. The van der Waals surface area contributed by atoms with Crippen LogP contribution in [0.25, 0.3) is 0 Å². The van der Waals surface area contributed by atoms with Crippen LogP contribution < -0.4 is 4.74 Å². The fourth-order valence-corrected chi connectivity index (χ4v) is 3.52. The molecule has 0 saturated carbocycles. The third kappa shape index (κ3) is 4.40. The number of halogens is 3. The summed E-state index contributed by atoms with van der Waals surface area (Å²) in [4.78, 5) is 4.06. The van der Waals surface area contributed by atoms with E-state index in [1.54, 1.807) is 6.07 Å². The van der Waals surface area contributed by atoms with Gasteiger partial charge in [0.1, 0.15) is 11.6 Å². The molecule has 1 heterocycles. The Bertz CT molecular complexity index is 682. The fraction of sp³-hybridized carbons (Fsp3) is 0.214. The first-order valence-electron chi connectivity index (χ1n) is 5.97. The molecule has 112 valence electrons. The molecule has 2 rings (SSSR count). The van der Waals surface area contributed by atoms with Gasteiger partial charge in [-0.1, -0.05) is 23.2 Å². The minimum absolute atomic E-state index is 0.154. The summed E-state index contributed by atoms with van der Waals surface area (Å²) < 4.78 is 30.6. The van der Waals surface area contributed by atoms with Crippen LogP contribution in [0.5, 0.6) is 5.75 Å². The van der Waals surface area contributed by atoms with Crippen molar-refractivity contribution < 1.29 is 13.3 Å². The summed E-state index contributed by atoms with van der Waals surface area (Å²) in [5.41, 5.74) is 1.04. The Morgan fingerprint density at radius 1 is 1.29 bits per heavy atom. The summed E-state index contributed by atoms with van der Waals surface area (Å²) in [6, 6.07) is 5.66. The summed E-state index contributed by atoms with van der Waals surface area (Å²) in [6.07, 6.45) is 1.45. The van der Waals surface area contributed by atoms with Gasteiger partial charge in [-0.2, -0.15) is 0 Å². The molecule has 0 N–H and O–H groups in total. The van der Waals surface area contributed by atoms with E-state index in [1.807, 2.05) is 0 Å². The van der Waals surface area contributed by atoms with Gasteiger partial charge in [0.25, 0.3) is 0 Å². The maximum atomic E-state index is 13.3. The number of hydrogen-bond donors (Lipinski definition) is 0. The van der Waals surface area contributed by atoms with Crippen LogP contribution in [0.4, 0.5) is 4.39 Å². The highest BCUT2D eigenvalue weighted by atomic mass is 35.5. The van der Waals surface area contributed by atoms with Crippen molar-refractivity contribution in [3.05, 3.63) is 57.6 Å². The van der Waals surface area contributed by atoms with Crippen molar-refractivity contribution in [1.29, 1.82) is 0 Å². The van der Waals surface area contributed by atoms with Crippen LogP contribution in [-0.4, -0.2) is 16.3 Å². The zero-order chi connectivity index (χ0) is 15.4. The number of nitrogens with zero attached hydrogens (tertiary/aromatic N) is 1. The molecule has 21 heavy (non-hydrogen) atoms. The summed E-state index contributed by atoms with van der Waals surface area (Å²) in [6.45, 7) is 0. The lowest BCUT2D eigenvalue weighted by Gasteiger charge is -2.09. The molecule has 0 radical (unpaired) electrons. The smallest absolute Gasteiger partial charge is 0.123 e. The molecule has 1 atom stereocenters. The second kappa shape index (κ2) is 7.20. The van der Waals surface area contributed by atoms with E-state index in [1.165, 1.54) is 31.5 Å². The molecule has 3 nitrogen and oxygen atoms in total. The van der Waals surface area contributed by atoms with E-state index in [4.69, 9.17) is 27.9 Å². The van der Waals surface area contributed by atoms with E-state index in [9.17, 15) is 8.60 Å². The van der Waals surface area contributed by atoms with Crippen molar-refractivity contribution in [3.8, 4) is 5.75 Å². The minimum Gasteiger partial charge on any atom is -0.496 e. The molecule has 0 amide bonds.